The van der Waals surface area contributed by atoms with E-state index in [4.69, 9.17) is 9.15 Å². The van der Waals surface area contributed by atoms with Crippen molar-refractivity contribution in [3.8, 4) is 5.75 Å². The lowest BCUT2D eigenvalue weighted by Gasteiger charge is -2.37. The van der Waals surface area contributed by atoms with Gasteiger partial charge in [-0.2, -0.15) is 0 Å². The average molecular weight is 321 g/mol. The van der Waals surface area contributed by atoms with E-state index >= 15 is 0 Å². The van der Waals surface area contributed by atoms with Crippen molar-refractivity contribution in [3.05, 3.63) is 27.9 Å². The Labute approximate surface area is 129 Å². The van der Waals surface area contributed by atoms with Gasteiger partial charge in [0, 0.05) is 31.0 Å². The zero-order valence-corrected chi connectivity index (χ0v) is 12.5. The van der Waals surface area contributed by atoms with Crippen LogP contribution in [0.25, 0.3) is 10.3 Å². The molecule has 0 aliphatic carbocycles. The molecule has 2 bridgehead atoms. The van der Waals surface area contributed by atoms with Crippen LogP contribution in [0.3, 0.4) is 0 Å². The van der Waals surface area contributed by atoms with E-state index in [0.717, 1.165) is 28.9 Å². The minimum absolute atomic E-state index is 0.0101. The molecule has 3 atom stereocenters. The van der Waals surface area contributed by atoms with Crippen LogP contribution >= 0.6 is 11.3 Å². The Morgan fingerprint density at radius 2 is 2.05 bits per heavy atom. The second-order valence-electron chi connectivity index (χ2n) is 5.85. The van der Waals surface area contributed by atoms with Crippen molar-refractivity contribution in [2.45, 2.75) is 43.9 Å². The van der Waals surface area contributed by atoms with Gasteiger partial charge < -0.3 is 19.2 Å². The van der Waals surface area contributed by atoms with Crippen molar-refractivity contribution in [2.75, 3.05) is 0 Å². The van der Waals surface area contributed by atoms with Crippen LogP contribution in [0, 0.1) is 0 Å². The Morgan fingerprint density at radius 3 is 2.73 bits per heavy atom. The number of carbonyl (C=O) groups is 1. The third-order valence-electron chi connectivity index (χ3n) is 4.52. The van der Waals surface area contributed by atoms with Crippen LogP contribution in [0.15, 0.2) is 27.4 Å². The molecule has 7 heteroatoms. The number of carboxylic acid groups (broad SMARTS) is 1. The maximum absolute atomic E-state index is 11.3. The Bertz CT molecular complexity index is 768. The number of benzene rings is 1. The highest BCUT2D eigenvalue weighted by Crippen LogP contribution is 2.37. The Kier molecular flexibility index (Phi) is 3.11. The van der Waals surface area contributed by atoms with E-state index in [1.165, 1.54) is 0 Å². The lowest BCUT2D eigenvalue weighted by atomic mass is 10.0. The van der Waals surface area contributed by atoms with Crippen LogP contribution in [0.1, 0.15) is 25.7 Å². The number of piperidine rings is 1. The molecule has 1 N–H and O–H groups in total. The van der Waals surface area contributed by atoms with Gasteiger partial charge in [0.1, 0.15) is 11.9 Å². The molecule has 1 aromatic heterocycles. The van der Waals surface area contributed by atoms with Gasteiger partial charge in [-0.15, -0.1) is 0 Å². The summed E-state index contributed by atoms with van der Waals surface area (Å²) in [5.74, 6) is 0.669. The van der Waals surface area contributed by atoms with Crippen molar-refractivity contribution >= 4 is 27.7 Å². The normalized spacial score (nSPS) is 27.3. The van der Waals surface area contributed by atoms with Crippen LogP contribution in [-0.2, 0) is 0 Å². The van der Waals surface area contributed by atoms with Crippen LogP contribution in [-0.4, -0.2) is 34.3 Å². The summed E-state index contributed by atoms with van der Waals surface area (Å²) >= 11 is 1.07. The zero-order chi connectivity index (χ0) is 15.3. The summed E-state index contributed by atoms with van der Waals surface area (Å²) in [4.78, 5) is 23.8. The number of fused-ring (bicyclic) bond motifs is 3. The monoisotopic (exact) mass is 321 g/mol. The minimum Gasteiger partial charge on any atom is -0.490 e. The molecular weight excluding hydrogens is 306 g/mol. The third-order valence-corrected chi connectivity index (χ3v) is 5.32. The fraction of sp³-hybridized carbons (Fsp3) is 0.467. The second kappa shape index (κ2) is 5.01. The van der Waals surface area contributed by atoms with Crippen molar-refractivity contribution in [1.82, 2.24) is 4.90 Å². The first-order valence-corrected chi connectivity index (χ1v) is 8.13. The average Bonchev–Trinajstić information content (AvgIpc) is 2.95. The van der Waals surface area contributed by atoms with E-state index in [2.05, 4.69) is 0 Å². The number of nitrogens with zero attached hydrogens (tertiary/aromatic N) is 1. The largest absolute Gasteiger partial charge is 0.490 e. The lowest BCUT2D eigenvalue weighted by molar-refractivity contribution is 0.0496. The van der Waals surface area contributed by atoms with Gasteiger partial charge in [0.15, 0.2) is 5.58 Å². The molecule has 6 nitrogen and oxygen atoms in total. The topological polar surface area (TPSA) is 80.0 Å². The summed E-state index contributed by atoms with van der Waals surface area (Å²) in [6.07, 6.45) is 2.44. The number of amides is 1. The van der Waals surface area contributed by atoms with Gasteiger partial charge in [-0.3, -0.25) is 0 Å². The quantitative estimate of drug-likeness (QED) is 0.920. The van der Waals surface area contributed by atoms with Crippen LogP contribution in [0.5, 0.6) is 5.75 Å². The fourth-order valence-electron chi connectivity index (χ4n) is 3.65. The molecule has 4 rings (SSSR count). The van der Waals surface area contributed by atoms with Crippen molar-refractivity contribution in [3.63, 3.8) is 0 Å². The number of rotatable bonds is 2. The number of hydrogen-bond acceptors (Lipinski definition) is 5. The molecule has 22 heavy (non-hydrogen) atoms. The molecule has 0 radical (unpaired) electrons. The van der Waals surface area contributed by atoms with Crippen LogP contribution in [0.2, 0.25) is 0 Å². The first-order chi connectivity index (χ1) is 10.6. The van der Waals surface area contributed by atoms with E-state index in [0.29, 0.717) is 24.2 Å². The number of ether oxygens (including phenoxy) is 1. The highest BCUT2D eigenvalue weighted by molar-refractivity contribution is 7.16. The molecule has 2 saturated heterocycles. The third kappa shape index (κ3) is 2.25. The van der Waals surface area contributed by atoms with Gasteiger partial charge in [-0.05, 0) is 25.0 Å². The first-order valence-electron chi connectivity index (χ1n) is 7.32. The maximum atomic E-state index is 11.3. The highest BCUT2D eigenvalue weighted by Gasteiger charge is 2.44. The molecule has 2 aliphatic heterocycles. The lowest BCUT2D eigenvalue weighted by Crippen LogP contribution is -2.48. The number of hydrogen-bond donors (Lipinski definition) is 1. The standard InChI is InChI=1S/C15H15NO5S/c17-14(18)16-8-1-2-9(16)6-11(5-8)20-10-3-4-13-12(7-10)21-15(19)22-13/h3-4,7-9,11H,1-2,5-6H2,(H,17,18)/t8-,9+,11+. The first kappa shape index (κ1) is 13.6. The van der Waals surface area contributed by atoms with Crippen molar-refractivity contribution in [1.29, 1.82) is 0 Å². The molecule has 1 aromatic carbocycles. The molecule has 1 amide bonds. The molecule has 2 fully saturated rings. The molecule has 3 heterocycles. The van der Waals surface area contributed by atoms with Crippen molar-refractivity contribution < 1.29 is 19.1 Å². The van der Waals surface area contributed by atoms with E-state index in [1.807, 2.05) is 12.1 Å². The van der Waals surface area contributed by atoms with Crippen molar-refractivity contribution in [2.24, 2.45) is 0 Å². The van der Waals surface area contributed by atoms with E-state index in [-0.39, 0.29) is 23.1 Å². The molecule has 2 aromatic rings. The predicted octanol–water partition coefficient (Wildman–Crippen LogP) is 2.91. The molecular formula is C15H15NO5S. The smallest absolute Gasteiger partial charge is 0.407 e. The van der Waals surface area contributed by atoms with E-state index < -0.39 is 6.09 Å². The summed E-state index contributed by atoms with van der Waals surface area (Å²) < 4.78 is 11.9. The molecule has 0 spiro atoms. The summed E-state index contributed by atoms with van der Waals surface area (Å²) in [5.41, 5.74) is 0.540. The Morgan fingerprint density at radius 1 is 1.32 bits per heavy atom. The van der Waals surface area contributed by atoms with Gasteiger partial charge in [0.05, 0.1) is 4.70 Å². The molecule has 0 saturated carbocycles. The molecule has 116 valence electrons. The highest BCUT2D eigenvalue weighted by atomic mass is 32.1. The minimum atomic E-state index is -0.826. The van der Waals surface area contributed by atoms with Gasteiger partial charge in [0.25, 0.3) is 0 Å². The van der Waals surface area contributed by atoms with Crippen LogP contribution < -0.4 is 9.68 Å². The zero-order valence-electron chi connectivity index (χ0n) is 11.7. The van der Waals surface area contributed by atoms with Gasteiger partial charge >= 0.3 is 11.0 Å². The predicted molar refractivity (Wildman–Crippen MR) is 80.7 cm³/mol. The van der Waals surface area contributed by atoms with Crippen LogP contribution in [0.4, 0.5) is 4.79 Å². The summed E-state index contributed by atoms with van der Waals surface area (Å²) in [7, 11) is 0. The second-order valence-corrected chi connectivity index (χ2v) is 6.83. The van der Waals surface area contributed by atoms with E-state index in [9.17, 15) is 14.7 Å². The summed E-state index contributed by atoms with van der Waals surface area (Å²) in [6.45, 7) is 0. The Hall–Kier alpha value is -2.02. The maximum Gasteiger partial charge on any atom is 0.407 e. The summed E-state index contributed by atoms with van der Waals surface area (Å²) in [6, 6.07) is 5.51. The van der Waals surface area contributed by atoms with Gasteiger partial charge in [0.2, 0.25) is 0 Å². The molecule has 0 unspecified atom stereocenters. The summed E-state index contributed by atoms with van der Waals surface area (Å²) in [5, 5.41) is 9.26. The van der Waals surface area contributed by atoms with E-state index in [1.54, 1.807) is 11.0 Å². The van der Waals surface area contributed by atoms with Gasteiger partial charge in [-0.1, -0.05) is 11.3 Å². The SMILES string of the molecule is O=C(O)N1[C@@H]2CC[C@H]1C[C@@H](Oc1ccc3sc(=O)oc3c1)C2. The van der Waals surface area contributed by atoms with Gasteiger partial charge in [-0.25, -0.2) is 9.59 Å². The fourth-order valence-corrected chi connectivity index (χ4v) is 4.30. The molecule has 2 aliphatic rings. The Balaban J connectivity index is 1.52.